The summed E-state index contributed by atoms with van der Waals surface area (Å²) in [7, 11) is 1.42. The molecule has 2 aromatic heterocycles. The number of fused-ring (bicyclic) bond motifs is 1. The Morgan fingerprint density at radius 1 is 1.45 bits per heavy atom. The molecule has 1 aliphatic heterocycles. The zero-order chi connectivity index (χ0) is 16.0. The smallest absolute Gasteiger partial charge is 0.251 e. The number of nitrogens with two attached hydrogens (primary N) is 1. The van der Waals surface area contributed by atoms with Crippen molar-refractivity contribution < 1.29 is 19.7 Å². The molecule has 2 aromatic rings. The van der Waals surface area contributed by atoms with Crippen molar-refractivity contribution >= 4 is 45.5 Å². The van der Waals surface area contributed by atoms with E-state index in [0.717, 1.165) is 0 Å². The molecule has 0 saturated carbocycles. The first kappa shape index (κ1) is 15.3. The van der Waals surface area contributed by atoms with Gasteiger partial charge in [-0.05, 0) is 0 Å². The van der Waals surface area contributed by atoms with Crippen LogP contribution >= 0.6 is 22.6 Å². The number of hydrogen-bond acceptors (Lipinski definition) is 8. The third-order valence-electron chi connectivity index (χ3n) is 3.44. The van der Waals surface area contributed by atoms with Crippen LogP contribution in [0.4, 0.5) is 5.82 Å². The Hall–Kier alpha value is -1.57. The van der Waals surface area contributed by atoms with E-state index in [0.29, 0.717) is 15.0 Å². The lowest BCUT2D eigenvalue weighted by molar-refractivity contribution is -0.137. The summed E-state index contributed by atoms with van der Waals surface area (Å²) in [6, 6.07) is 0. The average Bonchev–Trinajstić information content (AvgIpc) is 3.01. The Bertz CT molecular complexity index is 737. The SMILES string of the molecule is CNC(=O)[C@H]1O[C@@H](n2cnc3c(N)nc(I)nc32)C(O)[C@@H]1O. The van der Waals surface area contributed by atoms with Crippen molar-refractivity contribution in [2.24, 2.45) is 0 Å². The highest BCUT2D eigenvalue weighted by Crippen LogP contribution is 2.32. The third-order valence-corrected chi connectivity index (χ3v) is 3.92. The molecular formula is C11H13IN6O4. The quantitative estimate of drug-likeness (QED) is 0.335. The summed E-state index contributed by atoms with van der Waals surface area (Å²) in [5.41, 5.74) is 6.49. The third kappa shape index (κ3) is 2.29. The van der Waals surface area contributed by atoms with Gasteiger partial charge in [-0.1, -0.05) is 0 Å². The van der Waals surface area contributed by atoms with E-state index in [4.69, 9.17) is 10.5 Å². The molecular weight excluding hydrogens is 407 g/mol. The molecule has 0 radical (unpaired) electrons. The number of aliphatic hydroxyl groups is 2. The van der Waals surface area contributed by atoms with Gasteiger partial charge in [-0.25, -0.2) is 15.0 Å². The van der Waals surface area contributed by atoms with Crippen molar-refractivity contribution in [3.63, 3.8) is 0 Å². The molecule has 0 aliphatic carbocycles. The normalized spacial score (nSPS) is 28.2. The van der Waals surface area contributed by atoms with Gasteiger partial charge in [0.25, 0.3) is 5.91 Å². The van der Waals surface area contributed by atoms with E-state index in [1.807, 2.05) is 22.6 Å². The van der Waals surface area contributed by atoms with E-state index in [9.17, 15) is 15.0 Å². The number of likely N-dealkylation sites (N-methyl/N-ethyl adjacent to an activating group) is 1. The number of carbonyl (C=O) groups excluding carboxylic acids is 1. The van der Waals surface area contributed by atoms with Gasteiger partial charge in [-0.15, -0.1) is 0 Å². The fourth-order valence-corrected chi connectivity index (χ4v) is 2.83. The summed E-state index contributed by atoms with van der Waals surface area (Å²) in [6.45, 7) is 0. The minimum Gasteiger partial charge on any atom is -0.387 e. The molecule has 0 aromatic carbocycles. The molecule has 1 amide bonds. The Morgan fingerprint density at radius 2 is 2.18 bits per heavy atom. The molecule has 5 N–H and O–H groups in total. The number of nitrogen functional groups attached to an aromatic ring is 1. The van der Waals surface area contributed by atoms with E-state index in [-0.39, 0.29) is 5.82 Å². The molecule has 0 spiro atoms. The number of nitrogens with one attached hydrogen (secondary N) is 1. The Labute approximate surface area is 137 Å². The lowest BCUT2D eigenvalue weighted by atomic mass is 10.1. The average molecular weight is 420 g/mol. The summed E-state index contributed by atoms with van der Waals surface area (Å²) >= 11 is 1.90. The molecule has 1 saturated heterocycles. The number of carbonyl (C=O) groups is 1. The van der Waals surface area contributed by atoms with Crippen LogP contribution in [0.3, 0.4) is 0 Å². The Balaban J connectivity index is 2.03. The van der Waals surface area contributed by atoms with Crippen molar-refractivity contribution in [1.82, 2.24) is 24.8 Å². The van der Waals surface area contributed by atoms with Gasteiger partial charge in [0.1, 0.15) is 17.7 Å². The van der Waals surface area contributed by atoms with Gasteiger partial charge >= 0.3 is 0 Å². The van der Waals surface area contributed by atoms with Gasteiger partial charge in [0.2, 0.25) is 0 Å². The van der Waals surface area contributed by atoms with Crippen LogP contribution in [-0.4, -0.2) is 61.0 Å². The van der Waals surface area contributed by atoms with Gasteiger partial charge in [0.05, 0.1) is 6.33 Å². The summed E-state index contributed by atoms with van der Waals surface area (Å²) < 4.78 is 7.30. The number of anilines is 1. The molecule has 3 heterocycles. The van der Waals surface area contributed by atoms with Crippen molar-refractivity contribution in [1.29, 1.82) is 0 Å². The van der Waals surface area contributed by atoms with Gasteiger partial charge in [-0.3, -0.25) is 9.36 Å². The first-order chi connectivity index (χ1) is 10.4. The zero-order valence-electron chi connectivity index (χ0n) is 11.3. The number of amides is 1. The standard InChI is InChI=1S/C11H13IN6O4/c1-14-9(21)6-4(19)5(20)10(22-6)18-2-15-3-7(13)16-11(12)17-8(3)18/h2,4-6,10,19-20H,1H3,(H,14,21)(H2,13,16,17)/t4-,5?,6-,10+/m0/s1. The van der Waals surface area contributed by atoms with Crippen LogP contribution in [-0.2, 0) is 9.53 Å². The lowest BCUT2D eigenvalue weighted by Gasteiger charge is -2.16. The zero-order valence-corrected chi connectivity index (χ0v) is 13.5. The van der Waals surface area contributed by atoms with Crippen LogP contribution in [0.15, 0.2) is 6.33 Å². The van der Waals surface area contributed by atoms with Crippen LogP contribution in [0.25, 0.3) is 11.2 Å². The first-order valence-corrected chi connectivity index (χ1v) is 7.40. The molecule has 1 aliphatic rings. The van der Waals surface area contributed by atoms with E-state index in [2.05, 4.69) is 20.3 Å². The van der Waals surface area contributed by atoms with Crippen LogP contribution in [0.5, 0.6) is 0 Å². The fraction of sp³-hybridized carbons (Fsp3) is 0.455. The first-order valence-electron chi connectivity index (χ1n) is 6.32. The van der Waals surface area contributed by atoms with Crippen molar-refractivity contribution in [3.05, 3.63) is 10.2 Å². The second kappa shape index (κ2) is 5.57. The van der Waals surface area contributed by atoms with E-state index >= 15 is 0 Å². The second-order valence-corrected chi connectivity index (χ2v) is 5.71. The van der Waals surface area contributed by atoms with Crippen LogP contribution in [0, 0.1) is 3.83 Å². The fourth-order valence-electron chi connectivity index (χ4n) is 2.35. The number of aromatic nitrogens is 4. The van der Waals surface area contributed by atoms with E-state index in [1.165, 1.54) is 17.9 Å². The van der Waals surface area contributed by atoms with Gasteiger partial charge in [0.15, 0.2) is 27.6 Å². The van der Waals surface area contributed by atoms with Crippen molar-refractivity contribution in [2.75, 3.05) is 12.8 Å². The summed E-state index contributed by atoms with van der Waals surface area (Å²) in [5.74, 6) is -0.328. The van der Waals surface area contributed by atoms with Gasteiger partial charge in [0, 0.05) is 29.6 Å². The topological polar surface area (TPSA) is 148 Å². The van der Waals surface area contributed by atoms with Crippen LogP contribution < -0.4 is 11.1 Å². The minimum absolute atomic E-state index is 0.198. The predicted molar refractivity (Wildman–Crippen MR) is 82.4 cm³/mol. The number of rotatable bonds is 2. The van der Waals surface area contributed by atoms with Crippen LogP contribution in [0.2, 0.25) is 0 Å². The molecule has 10 nitrogen and oxygen atoms in total. The Morgan fingerprint density at radius 3 is 2.86 bits per heavy atom. The second-order valence-electron chi connectivity index (χ2n) is 4.74. The summed E-state index contributed by atoms with van der Waals surface area (Å²) in [6.07, 6.45) is -3.49. The van der Waals surface area contributed by atoms with E-state index in [1.54, 1.807) is 0 Å². The molecule has 4 atom stereocenters. The van der Waals surface area contributed by atoms with Crippen molar-refractivity contribution in [2.45, 2.75) is 24.5 Å². The Kier molecular flexibility index (Phi) is 3.88. The van der Waals surface area contributed by atoms with Gasteiger partial charge < -0.3 is 26.0 Å². The highest BCUT2D eigenvalue weighted by atomic mass is 127. The molecule has 118 valence electrons. The van der Waals surface area contributed by atoms with Crippen molar-refractivity contribution in [3.8, 4) is 0 Å². The highest BCUT2D eigenvalue weighted by Gasteiger charge is 2.47. The molecule has 0 bridgehead atoms. The molecule has 3 rings (SSSR count). The number of nitrogens with zero attached hydrogens (tertiary/aromatic N) is 4. The van der Waals surface area contributed by atoms with Crippen LogP contribution in [0.1, 0.15) is 6.23 Å². The molecule has 22 heavy (non-hydrogen) atoms. The van der Waals surface area contributed by atoms with E-state index < -0.39 is 30.4 Å². The predicted octanol–water partition coefficient (Wildman–Crippen LogP) is -1.62. The molecule has 1 unspecified atom stereocenters. The minimum atomic E-state index is -1.36. The monoisotopic (exact) mass is 420 g/mol. The summed E-state index contributed by atoms with van der Waals surface area (Å²) in [5, 5.41) is 22.5. The number of halogens is 1. The number of imidazole rings is 1. The number of hydrogen-bond donors (Lipinski definition) is 4. The number of ether oxygens (including phenoxy) is 1. The molecule has 11 heteroatoms. The van der Waals surface area contributed by atoms with Gasteiger partial charge in [-0.2, -0.15) is 0 Å². The molecule has 1 fully saturated rings. The maximum atomic E-state index is 11.7. The highest BCUT2D eigenvalue weighted by molar-refractivity contribution is 14.1. The summed E-state index contributed by atoms with van der Waals surface area (Å²) in [4.78, 5) is 24.0. The maximum absolute atomic E-state index is 11.7. The lowest BCUT2D eigenvalue weighted by Crippen LogP contribution is -2.41. The largest absolute Gasteiger partial charge is 0.387 e. The maximum Gasteiger partial charge on any atom is 0.251 e. The number of aliphatic hydroxyl groups excluding tert-OH is 2.